The van der Waals surface area contributed by atoms with Gasteiger partial charge in [-0.1, -0.05) is 130 Å². The van der Waals surface area contributed by atoms with Crippen molar-refractivity contribution in [3.8, 4) is 0 Å². The average Bonchev–Trinajstić information content (AvgIpc) is 3.27. The maximum Gasteiger partial charge on any atom is 0.488 e. The molecule has 0 bridgehead atoms. The van der Waals surface area contributed by atoms with Crippen LogP contribution < -0.4 is 22.7 Å². The monoisotopic (exact) mass is 1080 g/mol. The Morgan fingerprint density at radius 1 is 0.492 bits per heavy atom. The molecule has 0 spiro atoms. The first-order chi connectivity index (χ1) is 30.7. The molecule has 0 aromatic heterocycles. The Hall–Kier alpha value is -4.61. The van der Waals surface area contributed by atoms with Crippen LogP contribution in [0.25, 0.3) is 0 Å². The Bertz CT molecular complexity index is 2300. The lowest BCUT2D eigenvalue weighted by atomic mass is 9.76. The fourth-order valence-electron chi connectivity index (χ4n) is 5.63. The summed E-state index contributed by atoms with van der Waals surface area (Å²) in [6.07, 6.45) is 5.19. The second-order valence-corrected chi connectivity index (χ2v) is 16.7. The molecular weight excluding hydrogens is 1020 g/mol. The van der Waals surface area contributed by atoms with Crippen molar-refractivity contribution in [1.29, 1.82) is 0 Å². The van der Waals surface area contributed by atoms with E-state index in [-0.39, 0.29) is 11.4 Å². The molecule has 0 radical (unpaired) electrons. The second-order valence-electron chi connectivity index (χ2n) is 13.8. The molecule has 0 atom stereocenters. The number of aryl methyl sites for hydroxylation is 6. The molecule has 0 fully saturated rings. The highest BCUT2D eigenvalue weighted by molar-refractivity contribution is 14.1. The number of halogens is 5. The van der Waals surface area contributed by atoms with Crippen molar-refractivity contribution in [3.63, 3.8) is 0 Å². The number of nitro benzene ring substituents is 2. The van der Waals surface area contributed by atoms with Crippen LogP contribution in [0, 0.1) is 23.8 Å². The van der Waals surface area contributed by atoms with Gasteiger partial charge in [-0.25, -0.2) is 0 Å². The van der Waals surface area contributed by atoms with Gasteiger partial charge in [-0.2, -0.15) is 0 Å². The van der Waals surface area contributed by atoms with Gasteiger partial charge >= 0.3 is 7.12 Å². The average molecular weight is 1080 g/mol. The Balaban J connectivity index is 0.000000391. The summed E-state index contributed by atoms with van der Waals surface area (Å²) in [7, 11) is -1.43. The first kappa shape index (κ1) is 58.4. The van der Waals surface area contributed by atoms with Gasteiger partial charge in [-0.15, -0.1) is 0 Å². The van der Waals surface area contributed by atoms with Gasteiger partial charge in [0.05, 0.1) is 9.85 Å². The topological polar surface area (TPSA) is 205 Å². The van der Waals surface area contributed by atoms with E-state index in [1.807, 2.05) is 57.2 Å². The van der Waals surface area contributed by atoms with Gasteiger partial charge in [0.15, 0.2) is 0 Å². The minimum absolute atomic E-state index is 0.102. The Kier molecular flexibility index (Phi) is 28.2. The smallest absolute Gasteiger partial charge is 0.423 e. The van der Waals surface area contributed by atoms with Crippen LogP contribution in [-0.2, 0) is 38.5 Å². The van der Waals surface area contributed by atoms with Crippen molar-refractivity contribution in [2.24, 2.45) is 0 Å². The summed E-state index contributed by atoms with van der Waals surface area (Å²) < 4.78 is 1.26. The van der Waals surface area contributed by atoms with E-state index in [9.17, 15) is 20.2 Å². The van der Waals surface area contributed by atoms with Gasteiger partial charge in [-0.3, -0.25) is 20.2 Å². The highest BCUT2D eigenvalue weighted by Gasteiger charge is 2.15. The van der Waals surface area contributed by atoms with Crippen LogP contribution in [0.5, 0.6) is 0 Å². The predicted molar refractivity (Wildman–Crippen MR) is 284 cm³/mol. The molecule has 6 aromatic rings. The van der Waals surface area contributed by atoms with Crippen LogP contribution in [0.15, 0.2) is 115 Å². The second kappa shape index (κ2) is 31.3. The fourth-order valence-corrected chi connectivity index (χ4v) is 7.41. The molecule has 6 aromatic carbocycles. The molecule has 65 heavy (non-hydrogen) atoms. The third-order valence-electron chi connectivity index (χ3n) is 9.35. The molecule has 0 aliphatic rings. The quantitative estimate of drug-likeness (QED) is 0.0307. The predicted octanol–water partition coefficient (Wildman–Crippen LogP) is 13.0. The number of hydrogen-bond acceptors (Lipinski definition) is 9. The maximum atomic E-state index is 10.5. The van der Waals surface area contributed by atoms with Crippen molar-refractivity contribution in [1.82, 2.24) is 0 Å². The van der Waals surface area contributed by atoms with Crippen molar-refractivity contribution in [2.75, 3.05) is 17.2 Å². The Labute approximate surface area is 416 Å². The number of benzene rings is 6. The Morgan fingerprint density at radius 3 is 1.31 bits per heavy atom. The minimum Gasteiger partial charge on any atom is -0.423 e. The lowest BCUT2D eigenvalue weighted by Crippen LogP contribution is -2.32. The maximum absolute atomic E-state index is 10.5. The number of hydrogen-bond donors (Lipinski definition) is 5. The number of rotatable bonds is 9. The molecule has 0 saturated carbocycles. The summed E-state index contributed by atoms with van der Waals surface area (Å²) >= 11 is 25.1. The normalized spacial score (nSPS) is 9.80. The van der Waals surface area contributed by atoms with E-state index < -0.39 is 17.0 Å². The van der Waals surface area contributed by atoms with Crippen molar-refractivity contribution in [2.45, 2.75) is 80.1 Å². The largest absolute Gasteiger partial charge is 0.488 e. The van der Waals surface area contributed by atoms with Gasteiger partial charge in [0.2, 0.25) is 0 Å². The Morgan fingerprint density at radius 2 is 0.877 bits per heavy atom. The van der Waals surface area contributed by atoms with E-state index in [0.717, 1.165) is 53.2 Å². The molecule has 0 saturated heterocycles. The van der Waals surface area contributed by atoms with Crippen molar-refractivity contribution >= 4 is 110 Å². The van der Waals surface area contributed by atoms with Crippen LogP contribution in [0.1, 0.15) is 74.9 Å². The third-order valence-corrected chi connectivity index (χ3v) is 11.3. The van der Waals surface area contributed by atoms with Crippen LogP contribution >= 0.6 is 69.0 Å². The van der Waals surface area contributed by atoms with Gasteiger partial charge in [0.25, 0.3) is 11.4 Å². The minimum atomic E-state index is -1.43. The SMILES string of the molecule is CCc1ccc(Cl)cc1B(O)O.CCc1ccc(Cl)cc1I.CCc1ccc(Cl)cc1N.CCc1ccc(Cl)cc1[N+](=O)[O-].CCc1ccc(N)cc1.CCc1ccc(N)cc1[N+](=O)[O-]. The molecule has 6 rings (SSSR count). The van der Waals surface area contributed by atoms with Crippen LogP contribution in [0.3, 0.4) is 0 Å². The number of nitro groups is 2. The van der Waals surface area contributed by atoms with Crippen LogP contribution in [-0.4, -0.2) is 27.0 Å². The molecule has 0 unspecified atom stereocenters. The molecular formula is C48H57BCl4IN5O6. The fraction of sp³-hybridized carbons (Fsp3) is 0.250. The summed E-state index contributed by atoms with van der Waals surface area (Å²) in [6.45, 7) is 12.0. The standard InChI is InChI=1S/C8H10BClO2.C8H8ClI.C8H8ClNO2.C8H10ClN.C8H10N2O2.C8H11N/c1-2-6-3-4-7(10)5-8(6)9(11)12;1-2-6-3-4-7(9)5-8(6)10;1-2-6-3-4-7(9)5-8(6)10(11)12;1-2-6-3-4-7(9)5-8(6)10;1-2-6-3-4-7(9)5-8(6)10(11)12;1-2-7-3-5-8(9)6-4-7/h3-5,11-12H,2H2,1H3;3-5H,2H2,1H3;3-5H,2H2,1H3;3-5H,2,10H2,1H3;3-5H,2,9H2,1H3;3-6H,2,9H2,1H3. The van der Waals surface area contributed by atoms with Crippen LogP contribution in [0.2, 0.25) is 20.1 Å². The van der Waals surface area contributed by atoms with Crippen molar-refractivity contribution < 1.29 is 19.9 Å². The van der Waals surface area contributed by atoms with E-state index >= 15 is 0 Å². The first-order valence-corrected chi connectivity index (χ1v) is 23.3. The lowest BCUT2D eigenvalue weighted by molar-refractivity contribution is -0.385. The highest BCUT2D eigenvalue weighted by atomic mass is 127. The molecule has 0 aliphatic carbocycles. The number of nitrogen functional groups attached to an aromatic ring is 3. The molecule has 17 heteroatoms. The van der Waals surface area contributed by atoms with E-state index in [0.29, 0.717) is 50.2 Å². The zero-order chi connectivity index (χ0) is 49.2. The number of anilines is 3. The summed E-state index contributed by atoms with van der Waals surface area (Å²) in [5.41, 5.74) is 25.5. The molecule has 11 nitrogen and oxygen atoms in total. The lowest BCUT2D eigenvalue weighted by Gasteiger charge is -2.06. The van der Waals surface area contributed by atoms with E-state index in [1.165, 1.54) is 26.8 Å². The highest BCUT2D eigenvalue weighted by Crippen LogP contribution is 2.24. The first-order valence-electron chi connectivity index (χ1n) is 20.7. The van der Waals surface area contributed by atoms with E-state index in [1.54, 1.807) is 48.5 Å². The summed E-state index contributed by atoms with van der Waals surface area (Å²) in [5, 5.41) is 41.3. The summed E-state index contributed by atoms with van der Waals surface area (Å²) in [6, 6.07) is 34.1. The number of nitrogens with zero attached hydrogens (tertiary/aromatic N) is 2. The van der Waals surface area contributed by atoms with Gasteiger partial charge in [0, 0.05) is 64.0 Å². The zero-order valence-electron chi connectivity index (χ0n) is 37.3. The van der Waals surface area contributed by atoms with Gasteiger partial charge in [-0.05, 0) is 149 Å². The summed E-state index contributed by atoms with van der Waals surface area (Å²) in [5.74, 6) is 0. The molecule has 0 heterocycles. The van der Waals surface area contributed by atoms with Gasteiger partial charge in [0.1, 0.15) is 0 Å². The van der Waals surface area contributed by atoms with E-state index in [4.69, 9.17) is 73.7 Å². The third kappa shape index (κ3) is 22.0. The molecule has 0 aliphatic heterocycles. The molecule has 348 valence electrons. The zero-order valence-corrected chi connectivity index (χ0v) is 42.5. The van der Waals surface area contributed by atoms with Crippen LogP contribution in [0.4, 0.5) is 28.4 Å². The molecule has 8 N–H and O–H groups in total. The van der Waals surface area contributed by atoms with Gasteiger partial charge < -0.3 is 27.2 Å². The number of nitrogens with two attached hydrogens (primary N) is 3. The summed E-state index contributed by atoms with van der Waals surface area (Å²) in [4.78, 5) is 20.1. The molecule has 0 amide bonds. The van der Waals surface area contributed by atoms with Crippen molar-refractivity contribution in [3.05, 3.63) is 193 Å². The van der Waals surface area contributed by atoms with E-state index in [2.05, 4.69) is 61.6 Å².